The predicted octanol–water partition coefficient (Wildman–Crippen LogP) is 3.91. The first-order chi connectivity index (χ1) is 13.7. The van der Waals surface area contributed by atoms with Gasteiger partial charge in [-0.3, -0.25) is 14.6 Å². The Labute approximate surface area is 172 Å². The van der Waals surface area contributed by atoms with Gasteiger partial charge in [0.15, 0.2) is 0 Å². The third-order valence-electron chi connectivity index (χ3n) is 5.00. The highest BCUT2D eigenvalue weighted by Gasteiger charge is 2.51. The first-order valence-electron chi connectivity index (χ1n) is 9.88. The zero-order valence-electron chi connectivity index (χ0n) is 17.4. The molecule has 0 spiro atoms. The highest BCUT2D eigenvalue weighted by Crippen LogP contribution is 2.36. The molecule has 29 heavy (non-hydrogen) atoms. The van der Waals surface area contributed by atoms with Gasteiger partial charge in [-0.05, 0) is 38.8 Å². The van der Waals surface area contributed by atoms with Gasteiger partial charge in [-0.1, -0.05) is 60.7 Å². The molecule has 0 fully saturated rings. The van der Waals surface area contributed by atoms with Crippen LogP contribution in [0.15, 0.2) is 65.7 Å². The number of amides is 1. The third-order valence-corrected chi connectivity index (χ3v) is 5.00. The molecule has 1 aliphatic heterocycles. The largest absolute Gasteiger partial charge is 0.460 e. The van der Waals surface area contributed by atoms with Crippen LogP contribution in [0.3, 0.4) is 0 Å². The normalized spacial score (nSPS) is 21.4. The molecule has 0 radical (unpaired) electrons. The minimum atomic E-state index is -1.22. The molecule has 1 aliphatic rings. The molecule has 0 aliphatic carbocycles. The van der Waals surface area contributed by atoms with Crippen molar-refractivity contribution in [1.29, 1.82) is 0 Å². The molecular weight excluding hydrogens is 364 g/mol. The van der Waals surface area contributed by atoms with Gasteiger partial charge < -0.3 is 10.1 Å². The average molecular weight is 392 g/mol. The standard InChI is InChI=1S/C24H28N2O3/c1-23(2,3)29-21(27)19-15-20(18-13-9-6-10-14-18)26-24(19,4)22(28)25-16-17-11-7-5-8-12-17/h5-14,19H,15-16H2,1-4H3,(H,25,28)/t19-,24+/m0/s1. The van der Waals surface area contributed by atoms with Gasteiger partial charge in [0.2, 0.25) is 5.91 Å². The Morgan fingerprint density at radius 2 is 1.66 bits per heavy atom. The van der Waals surface area contributed by atoms with Crippen molar-refractivity contribution in [3.63, 3.8) is 0 Å². The lowest BCUT2D eigenvalue weighted by molar-refractivity contribution is -0.163. The number of esters is 1. The Hall–Kier alpha value is -2.95. The Morgan fingerprint density at radius 3 is 2.24 bits per heavy atom. The highest BCUT2D eigenvalue weighted by atomic mass is 16.6. The van der Waals surface area contributed by atoms with Crippen LogP contribution in [0.25, 0.3) is 0 Å². The Bertz CT molecular complexity index is 901. The van der Waals surface area contributed by atoms with Crippen LogP contribution in [0.4, 0.5) is 0 Å². The second-order valence-electron chi connectivity index (χ2n) is 8.53. The maximum absolute atomic E-state index is 13.2. The molecule has 2 aromatic carbocycles. The van der Waals surface area contributed by atoms with E-state index in [0.717, 1.165) is 16.8 Å². The van der Waals surface area contributed by atoms with Crippen molar-refractivity contribution in [2.24, 2.45) is 10.9 Å². The lowest BCUT2D eigenvalue weighted by Gasteiger charge is -2.29. The number of hydrogen-bond donors (Lipinski definition) is 1. The van der Waals surface area contributed by atoms with Crippen LogP contribution in [0.5, 0.6) is 0 Å². The van der Waals surface area contributed by atoms with Crippen LogP contribution < -0.4 is 5.32 Å². The summed E-state index contributed by atoms with van der Waals surface area (Å²) >= 11 is 0. The van der Waals surface area contributed by atoms with Gasteiger partial charge in [-0.25, -0.2) is 0 Å². The molecule has 2 atom stereocenters. The highest BCUT2D eigenvalue weighted by molar-refractivity contribution is 6.09. The van der Waals surface area contributed by atoms with Crippen LogP contribution in [0, 0.1) is 5.92 Å². The Morgan fingerprint density at radius 1 is 1.07 bits per heavy atom. The van der Waals surface area contributed by atoms with Crippen molar-refractivity contribution in [1.82, 2.24) is 5.32 Å². The van der Waals surface area contributed by atoms with Crippen molar-refractivity contribution in [2.45, 2.75) is 51.8 Å². The molecule has 5 heteroatoms. The van der Waals surface area contributed by atoms with Crippen molar-refractivity contribution < 1.29 is 14.3 Å². The van der Waals surface area contributed by atoms with E-state index < -0.39 is 23.0 Å². The average Bonchev–Trinajstić information content (AvgIpc) is 3.05. The molecule has 1 N–H and O–H groups in total. The maximum atomic E-state index is 13.2. The van der Waals surface area contributed by atoms with E-state index in [0.29, 0.717) is 13.0 Å². The van der Waals surface area contributed by atoms with Gasteiger partial charge in [0.05, 0.1) is 5.92 Å². The summed E-state index contributed by atoms with van der Waals surface area (Å²) in [5.74, 6) is -1.35. The summed E-state index contributed by atoms with van der Waals surface area (Å²) in [6.45, 7) is 7.58. The lowest BCUT2D eigenvalue weighted by atomic mass is 9.84. The number of rotatable bonds is 5. The number of benzene rings is 2. The van der Waals surface area contributed by atoms with Crippen molar-refractivity contribution >= 4 is 17.6 Å². The minimum absolute atomic E-state index is 0.275. The van der Waals surface area contributed by atoms with Gasteiger partial charge in [-0.2, -0.15) is 0 Å². The molecule has 152 valence electrons. The minimum Gasteiger partial charge on any atom is -0.460 e. The van der Waals surface area contributed by atoms with Gasteiger partial charge in [-0.15, -0.1) is 0 Å². The number of hydrogen-bond acceptors (Lipinski definition) is 4. The molecule has 1 amide bonds. The van der Waals surface area contributed by atoms with Crippen molar-refractivity contribution in [2.75, 3.05) is 0 Å². The Balaban J connectivity index is 1.86. The predicted molar refractivity (Wildman–Crippen MR) is 114 cm³/mol. The number of nitrogens with one attached hydrogen (secondary N) is 1. The number of carbonyl (C=O) groups is 2. The number of aliphatic imine (C=N–C) groups is 1. The molecule has 0 saturated carbocycles. The first kappa shape index (κ1) is 20.8. The van der Waals surface area contributed by atoms with Gasteiger partial charge in [0.1, 0.15) is 11.1 Å². The lowest BCUT2D eigenvalue weighted by Crippen LogP contribution is -2.50. The first-order valence-corrected chi connectivity index (χ1v) is 9.88. The van der Waals surface area contributed by atoms with E-state index in [4.69, 9.17) is 9.73 Å². The third kappa shape index (κ3) is 4.91. The van der Waals surface area contributed by atoms with Gasteiger partial charge >= 0.3 is 5.97 Å². The zero-order chi connectivity index (χ0) is 21.1. The van der Waals surface area contributed by atoms with E-state index in [1.165, 1.54) is 0 Å². The van der Waals surface area contributed by atoms with E-state index in [-0.39, 0.29) is 5.91 Å². The fourth-order valence-electron chi connectivity index (χ4n) is 3.46. The second-order valence-corrected chi connectivity index (χ2v) is 8.53. The summed E-state index contributed by atoms with van der Waals surface area (Å²) < 4.78 is 5.62. The summed E-state index contributed by atoms with van der Waals surface area (Å²) in [7, 11) is 0. The van der Waals surface area contributed by atoms with Crippen LogP contribution >= 0.6 is 0 Å². The number of nitrogens with zero attached hydrogens (tertiary/aromatic N) is 1. The fraction of sp³-hybridized carbons (Fsp3) is 0.375. The van der Waals surface area contributed by atoms with Crippen LogP contribution in [0.2, 0.25) is 0 Å². The van der Waals surface area contributed by atoms with Crippen LogP contribution in [0.1, 0.15) is 45.2 Å². The summed E-state index contributed by atoms with van der Waals surface area (Å²) in [4.78, 5) is 30.9. The number of ether oxygens (including phenoxy) is 1. The van der Waals surface area contributed by atoms with E-state index in [9.17, 15) is 9.59 Å². The topological polar surface area (TPSA) is 67.8 Å². The summed E-state index contributed by atoms with van der Waals surface area (Å²) in [6.07, 6.45) is 0.369. The van der Waals surface area contributed by atoms with E-state index in [1.54, 1.807) is 6.92 Å². The molecule has 0 saturated heterocycles. The van der Waals surface area contributed by atoms with Crippen LogP contribution in [-0.4, -0.2) is 28.7 Å². The maximum Gasteiger partial charge on any atom is 0.312 e. The van der Waals surface area contributed by atoms with Gasteiger partial charge in [0, 0.05) is 18.7 Å². The molecule has 0 unspecified atom stereocenters. The van der Waals surface area contributed by atoms with Crippen LogP contribution in [-0.2, 0) is 20.9 Å². The number of carbonyl (C=O) groups excluding carboxylic acids is 2. The molecule has 2 aromatic rings. The van der Waals surface area contributed by atoms with Crippen molar-refractivity contribution in [3.05, 3.63) is 71.8 Å². The summed E-state index contributed by atoms with van der Waals surface area (Å²) in [6, 6.07) is 19.3. The Kier molecular flexibility index (Phi) is 5.87. The molecule has 5 nitrogen and oxygen atoms in total. The van der Waals surface area contributed by atoms with Crippen molar-refractivity contribution in [3.8, 4) is 0 Å². The fourth-order valence-corrected chi connectivity index (χ4v) is 3.46. The summed E-state index contributed by atoms with van der Waals surface area (Å²) in [5, 5.41) is 2.95. The molecule has 0 aromatic heterocycles. The van der Waals surface area contributed by atoms with Gasteiger partial charge in [0.25, 0.3) is 0 Å². The molecule has 1 heterocycles. The summed E-state index contributed by atoms with van der Waals surface area (Å²) in [5.41, 5.74) is 0.805. The SMILES string of the molecule is CC(C)(C)OC(=O)[C@@H]1CC(c2ccccc2)=N[C@@]1(C)C(=O)NCc1ccccc1. The smallest absolute Gasteiger partial charge is 0.312 e. The quantitative estimate of drug-likeness (QED) is 0.785. The zero-order valence-corrected chi connectivity index (χ0v) is 17.4. The second kappa shape index (κ2) is 8.19. The van der Waals surface area contributed by atoms with E-state index in [1.807, 2.05) is 81.4 Å². The molecule has 0 bridgehead atoms. The molecular formula is C24H28N2O3. The van der Waals surface area contributed by atoms with E-state index >= 15 is 0 Å². The molecule has 3 rings (SSSR count). The van der Waals surface area contributed by atoms with E-state index in [2.05, 4.69) is 5.32 Å². The monoisotopic (exact) mass is 392 g/mol.